The van der Waals surface area contributed by atoms with Gasteiger partial charge in [0.25, 0.3) is 5.91 Å². The molecule has 0 radical (unpaired) electrons. The Hall–Kier alpha value is -2.50. The van der Waals surface area contributed by atoms with Crippen molar-refractivity contribution in [1.29, 1.82) is 0 Å². The molecular formula is C15H17N5O. The van der Waals surface area contributed by atoms with E-state index in [4.69, 9.17) is 0 Å². The van der Waals surface area contributed by atoms with Gasteiger partial charge < -0.3 is 0 Å². The van der Waals surface area contributed by atoms with Crippen molar-refractivity contribution in [2.24, 2.45) is 11.0 Å². The van der Waals surface area contributed by atoms with Gasteiger partial charge in [0.1, 0.15) is 12.1 Å². The Kier molecular flexibility index (Phi) is 4.04. The summed E-state index contributed by atoms with van der Waals surface area (Å²) >= 11 is 0. The molecule has 1 aromatic carbocycles. The van der Waals surface area contributed by atoms with E-state index in [0.29, 0.717) is 5.92 Å². The van der Waals surface area contributed by atoms with E-state index in [0.717, 1.165) is 30.3 Å². The van der Waals surface area contributed by atoms with Crippen LogP contribution in [0.1, 0.15) is 19.3 Å². The molecule has 1 aromatic heterocycles. The highest BCUT2D eigenvalue weighted by molar-refractivity contribution is 5.80. The van der Waals surface area contributed by atoms with E-state index in [9.17, 15) is 4.79 Å². The number of aromatic nitrogens is 3. The maximum Gasteiger partial charge on any atom is 0.261 e. The average Bonchev–Trinajstić information content (AvgIpc) is 2.92. The van der Waals surface area contributed by atoms with Gasteiger partial charge in [-0.2, -0.15) is 5.10 Å². The number of carbonyl (C=O) groups is 1. The molecule has 108 valence electrons. The minimum atomic E-state index is -0.201. The lowest BCUT2D eigenvalue weighted by Crippen LogP contribution is -2.24. The topological polar surface area (TPSA) is 72.2 Å². The third-order valence-electron chi connectivity index (χ3n) is 3.50. The van der Waals surface area contributed by atoms with Crippen LogP contribution in [-0.4, -0.2) is 27.1 Å². The fourth-order valence-corrected chi connectivity index (χ4v) is 2.37. The Balaban J connectivity index is 1.56. The SMILES string of the molecule is O=C(Cn1nnc2ccccc21)N/N=C\[C@H]1CC=CCC1. The van der Waals surface area contributed by atoms with Gasteiger partial charge in [0, 0.05) is 6.21 Å². The Morgan fingerprint density at radius 2 is 2.33 bits per heavy atom. The highest BCUT2D eigenvalue weighted by Gasteiger charge is 2.09. The lowest BCUT2D eigenvalue weighted by Gasteiger charge is -2.11. The molecule has 0 saturated heterocycles. The van der Waals surface area contributed by atoms with Crippen LogP contribution in [0, 0.1) is 5.92 Å². The fourth-order valence-electron chi connectivity index (χ4n) is 2.37. The smallest absolute Gasteiger partial charge is 0.261 e. The Bertz CT molecular complexity index is 688. The third-order valence-corrected chi connectivity index (χ3v) is 3.50. The number of benzene rings is 1. The van der Waals surface area contributed by atoms with E-state index in [-0.39, 0.29) is 12.5 Å². The highest BCUT2D eigenvalue weighted by Crippen LogP contribution is 2.15. The van der Waals surface area contributed by atoms with Gasteiger partial charge in [-0.25, -0.2) is 10.1 Å². The molecule has 6 nitrogen and oxygen atoms in total. The van der Waals surface area contributed by atoms with Gasteiger partial charge in [0.2, 0.25) is 0 Å². The van der Waals surface area contributed by atoms with Crippen LogP contribution in [0.25, 0.3) is 11.0 Å². The number of rotatable bonds is 4. The first kappa shape index (κ1) is 13.5. The van der Waals surface area contributed by atoms with E-state index < -0.39 is 0 Å². The zero-order chi connectivity index (χ0) is 14.5. The third kappa shape index (κ3) is 3.34. The summed E-state index contributed by atoms with van der Waals surface area (Å²) in [5, 5.41) is 12.0. The van der Waals surface area contributed by atoms with E-state index in [1.807, 2.05) is 30.5 Å². The minimum Gasteiger partial charge on any atom is -0.271 e. The largest absolute Gasteiger partial charge is 0.271 e. The normalized spacial score (nSPS) is 18.4. The van der Waals surface area contributed by atoms with Crippen molar-refractivity contribution in [2.45, 2.75) is 25.8 Å². The molecule has 1 aliphatic carbocycles. The van der Waals surface area contributed by atoms with Crippen molar-refractivity contribution in [3.8, 4) is 0 Å². The summed E-state index contributed by atoms with van der Waals surface area (Å²) in [5.74, 6) is 0.218. The zero-order valence-electron chi connectivity index (χ0n) is 11.6. The number of amides is 1. The van der Waals surface area contributed by atoms with Crippen LogP contribution in [0.15, 0.2) is 41.5 Å². The first-order valence-corrected chi connectivity index (χ1v) is 7.08. The summed E-state index contributed by atoms with van der Waals surface area (Å²) in [6.45, 7) is 0.114. The molecule has 1 atom stereocenters. The number of carbonyl (C=O) groups excluding carboxylic acids is 1. The van der Waals surface area contributed by atoms with Crippen molar-refractivity contribution >= 4 is 23.2 Å². The van der Waals surface area contributed by atoms with Crippen LogP contribution < -0.4 is 5.43 Å². The number of nitrogens with zero attached hydrogens (tertiary/aromatic N) is 4. The summed E-state index contributed by atoms with van der Waals surface area (Å²) in [6, 6.07) is 7.55. The predicted molar refractivity (Wildman–Crippen MR) is 80.6 cm³/mol. The molecule has 1 heterocycles. The van der Waals surface area contributed by atoms with E-state index in [2.05, 4.69) is 33.0 Å². The number of allylic oxidation sites excluding steroid dienone is 2. The standard InChI is InChI=1S/C15H17N5O/c21-15(18-16-10-12-6-2-1-3-7-12)11-20-14-9-5-4-8-13(14)17-19-20/h1-2,4-5,8-10,12H,3,6-7,11H2,(H,18,21)/b16-10-/t12-/m0/s1. The number of hydrogen-bond donors (Lipinski definition) is 1. The quantitative estimate of drug-likeness (QED) is 0.529. The summed E-state index contributed by atoms with van der Waals surface area (Å²) in [6.07, 6.45) is 9.31. The molecule has 6 heteroatoms. The number of hydrazone groups is 1. The second kappa shape index (κ2) is 6.30. The molecule has 1 N–H and O–H groups in total. The second-order valence-electron chi connectivity index (χ2n) is 5.09. The minimum absolute atomic E-state index is 0.114. The first-order valence-electron chi connectivity index (χ1n) is 7.08. The summed E-state index contributed by atoms with van der Waals surface area (Å²) < 4.78 is 1.57. The molecule has 1 aliphatic rings. The molecular weight excluding hydrogens is 266 g/mol. The Labute approximate surface area is 122 Å². The molecule has 3 rings (SSSR count). The number of para-hydroxylation sites is 1. The molecule has 0 bridgehead atoms. The average molecular weight is 283 g/mol. The maximum absolute atomic E-state index is 11.9. The molecule has 2 aromatic rings. The molecule has 0 unspecified atom stereocenters. The van der Waals surface area contributed by atoms with Crippen molar-refractivity contribution in [3.05, 3.63) is 36.4 Å². The highest BCUT2D eigenvalue weighted by atomic mass is 16.2. The van der Waals surface area contributed by atoms with E-state index in [1.54, 1.807) is 4.68 Å². The van der Waals surface area contributed by atoms with Crippen LogP contribution in [0.2, 0.25) is 0 Å². The predicted octanol–water partition coefficient (Wildman–Crippen LogP) is 1.89. The Morgan fingerprint density at radius 1 is 1.43 bits per heavy atom. The molecule has 0 aliphatic heterocycles. The second-order valence-corrected chi connectivity index (χ2v) is 5.09. The van der Waals surface area contributed by atoms with E-state index in [1.165, 1.54) is 0 Å². The zero-order valence-corrected chi connectivity index (χ0v) is 11.6. The van der Waals surface area contributed by atoms with Gasteiger partial charge in [0.15, 0.2) is 0 Å². The van der Waals surface area contributed by atoms with E-state index >= 15 is 0 Å². The molecule has 0 fully saturated rings. The molecule has 0 saturated carbocycles. The number of fused-ring (bicyclic) bond motifs is 1. The number of nitrogens with one attached hydrogen (secondary N) is 1. The van der Waals surface area contributed by atoms with Crippen LogP contribution in [0.3, 0.4) is 0 Å². The van der Waals surface area contributed by atoms with Crippen molar-refractivity contribution in [3.63, 3.8) is 0 Å². The Morgan fingerprint density at radius 3 is 3.19 bits per heavy atom. The van der Waals surface area contributed by atoms with Gasteiger partial charge in [-0.05, 0) is 37.3 Å². The van der Waals surface area contributed by atoms with Crippen molar-refractivity contribution in [1.82, 2.24) is 20.4 Å². The summed E-state index contributed by atoms with van der Waals surface area (Å²) in [4.78, 5) is 11.9. The maximum atomic E-state index is 11.9. The van der Waals surface area contributed by atoms with Crippen LogP contribution >= 0.6 is 0 Å². The van der Waals surface area contributed by atoms with Crippen LogP contribution in [-0.2, 0) is 11.3 Å². The lowest BCUT2D eigenvalue weighted by molar-refractivity contribution is -0.121. The lowest BCUT2D eigenvalue weighted by atomic mass is 9.96. The fraction of sp³-hybridized carbons (Fsp3) is 0.333. The molecule has 1 amide bonds. The summed E-state index contributed by atoms with van der Waals surface area (Å²) in [7, 11) is 0. The van der Waals surface area contributed by atoms with Crippen LogP contribution in [0.4, 0.5) is 0 Å². The molecule has 21 heavy (non-hydrogen) atoms. The number of hydrogen-bond acceptors (Lipinski definition) is 4. The van der Waals surface area contributed by atoms with Gasteiger partial charge in [-0.15, -0.1) is 5.10 Å². The monoisotopic (exact) mass is 283 g/mol. The van der Waals surface area contributed by atoms with Gasteiger partial charge >= 0.3 is 0 Å². The van der Waals surface area contributed by atoms with Crippen molar-refractivity contribution < 1.29 is 4.79 Å². The van der Waals surface area contributed by atoms with Crippen molar-refractivity contribution in [2.75, 3.05) is 0 Å². The first-order chi connectivity index (χ1) is 10.3. The van der Waals surface area contributed by atoms with Crippen LogP contribution in [0.5, 0.6) is 0 Å². The molecule has 0 spiro atoms. The van der Waals surface area contributed by atoms with Gasteiger partial charge in [-0.3, -0.25) is 4.79 Å². The van der Waals surface area contributed by atoms with Gasteiger partial charge in [-0.1, -0.05) is 29.5 Å². The van der Waals surface area contributed by atoms with Gasteiger partial charge in [0.05, 0.1) is 5.52 Å². The summed E-state index contributed by atoms with van der Waals surface area (Å²) in [5.41, 5.74) is 4.17.